The van der Waals surface area contributed by atoms with Crippen LogP contribution in [0.2, 0.25) is 0 Å². The molecule has 1 rings (SSSR count). The molecule has 0 spiro atoms. The second-order valence-corrected chi connectivity index (χ2v) is 4.40. The van der Waals surface area contributed by atoms with Gasteiger partial charge < -0.3 is 11.1 Å². The zero-order valence-corrected chi connectivity index (χ0v) is 11.9. The Morgan fingerprint density at radius 3 is 2.35 bits per heavy atom. The molecule has 0 bridgehead atoms. The Morgan fingerprint density at radius 2 is 1.85 bits per heavy atom. The molecule has 0 aromatic heterocycles. The van der Waals surface area contributed by atoms with Gasteiger partial charge in [-0.05, 0) is 18.9 Å². The van der Waals surface area contributed by atoms with Crippen LogP contribution in [0.15, 0.2) is 24.3 Å². The van der Waals surface area contributed by atoms with Gasteiger partial charge in [0.2, 0.25) is 5.91 Å². The molecule has 1 aromatic carbocycles. The number of carbonyl (C=O) groups excluding carboxylic acids is 1. The molecule has 114 valence electrons. The number of halogens is 4. The quantitative estimate of drug-likeness (QED) is 0.822. The van der Waals surface area contributed by atoms with Crippen molar-refractivity contribution in [1.82, 2.24) is 5.32 Å². The molecule has 0 fully saturated rings. The number of nitrogens with one attached hydrogen (secondary N) is 1. The summed E-state index contributed by atoms with van der Waals surface area (Å²) in [5, 5.41) is 2.40. The predicted octanol–water partition coefficient (Wildman–Crippen LogP) is 2.88. The third-order valence-corrected chi connectivity index (χ3v) is 2.66. The van der Waals surface area contributed by atoms with Crippen LogP contribution in [0, 0.1) is 6.92 Å². The maximum absolute atomic E-state index is 11.9. The molecular formula is C13H18ClF3N2O. The van der Waals surface area contributed by atoms with Crippen molar-refractivity contribution in [2.45, 2.75) is 32.0 Å². The summed E-state index contributed by atoms with van der Waals surface area (Å²) in [6, 6.07) is 6.26. The molecule has 3 N–H and O–H groups in total. The van der Waals surface area contributed by atoms with Gasteiger partial charge in [0, 0.05) is 13.0 Å². The minimum atomic E-state index is -4.19. The SMILES string of the molecule is Cc1ccc(C(N)C(=O)NCCCC(F)(F)F)cc1.Cl. The Balaban J connectivity index is 0.00000361. The van der Waals surface area contributed by atoms with Crippen LogP contribution in [0.1, 0.15) is 30.0 Å². The standard InChI is InChI=1S/C13H17F3N2O.ClH/c1-9-3-5-10(6-4-9)11(17)12(19)18-8-2-7-13(14,15)16;/h3-6,11H,2,7-8,17H2,1H3,(H,18,19);1H. The number of rotatable bonds is 5. The van der Waals surface area contributed by atoms with E-state index in [1.54, 1.807) is 12.1 Å². The Morgan fingerprint density at radius 1 is 1.30 bits per heavy atom. The van der Waals surface area contributed by atoms with Gasteiger partial charge in [-0.2, -0.15) is 13.2 Å². The van der Waals surface area contributed by atoms with Gasteiger partial charge in [-0.15, -0.1) is 12.4 Å². The Bertz CT molecular complexity index is 421. The van der Waals surface area contributed by atoms with Crippen molar-refractivity contribution in [3.8, 4) is 0 Å². The summed E-state index contributed by atoms with van der Waals surface area (Å²) in [7, 11) is 0. The van der Waals surface area contributed by atoms with E-state index in [1.807, 2.05) is 19.1 Å². The molecule has 3 nitrogen and oxygen atoms in total. The van der Waals surface area contributed by atoms with Crippen molar-refractivity contribution < 1.29 is 18.0 Å². The van der Waals surface area contributed by atoms with Crippen LogP contribution in [0.25, 0.3) is 0 Å². The Labute approximate surface area is 122 Å². The number of alkyl halides is 3. The number of hydrogen-bond donors (Lipinski definition) is 2. The summed E-state index contributed by atoms with van der Waals surface area (Å²) < 4.78 is 35.7. The fraction of sp³-hybridized carbons (Fsp3) is 0.462. The van der Waals surface area contributed by atoms with Gasteiger partial charge in [-0.3, -0.25) is 4.79 Å². The lowest BCUT2D eigenvalue weighted by molar-refractivity contribution is -0.136. The summed E-state index contributed by atoms with van der Waals surface area (Å²) in [5.74, 6) is -0.467. The van der Waals surface area contributed by atoms with Crippen molar-refractivity contribution in [1.29, 1.82) is 0 Å². The Hall–Kier alpha value is -1.27. The van der Waals surface area contributed by atoms with Crippen LogP contribution in [-0.4, -0.2) is 18.6 Å². The fourth-order valence-corrected chi connectivity index (χ4v) is 1.54. The Kier molecular flexibility index (Phi) is 7.60. The highest BCUT2D eigenvalue weighted by Gasteiger charge is 2.26. The van der Waals surface area contributed by atoms with E-state index in [9.17, 15) is 18.0 Å². The van der Waals surface area contributed by atoms with Gasteiger partial charge in [-0.1, -0.05) is 29.8 Å². The van der Waals surface area contributed by atoms with Crippen molar-refractivity contribution >= 4 is 18.3 Å². The zero-order chi connectivity index (χ0) is 14.5. The summed E-state index contributed by atoms with van der Waals surface area (Å²) in [4.78, 5) is 11.6. The van der Waals surface area contributed by atoms with Crippen LogP contribution in [0.4, 0.5) is 13.2 Å². The molecule has 1 amide bonds. The van der Waals surface area contributed by atoms with Crippen molar-refractivity contribution in [3.05, 3.63) is 35.4 Å². The highest BCUT2D eigenvalue weighted by molar-refractivity contribution is 5.85. The number of benzene rings is 1. The second-order valence-electron chi connectivity index (χ2n) is 4.40. The molecule has 0 saturated heterocycles. The molecule has 0 radical (unpaired) electrons. The second kappa shape index (κ2) is 8.11. The highest BCUT2D eigenvalue weighted by atomic mass is 35.5. The molecule has 20 heavy (non-hydrogen) atoms. The molecule has 0 heterocycles. The van der Waals surface area contributed by atoms with E-state index in [1.165, 1.54) is 0 Å². The van der Waals surface area contributed by atoms with E-state index in [0.29, 0.717) is 5.56 Å². The summed E-state index contributed by atoms with van der Waals surface area (Å²) in [6.07, 6.45) is -5.24. The molecule has 7 heteroatoms. The molecule has 1 unspecified atom stereocenters. The lowest BCUT2D eigenvalue weighted by atomic mass is 10.1. The lowest BCUT2D eigenvalue weighted by Gasteiger charge is -2.13. The smallest absolute Gasteiger partial charge is 0.354 e. The number of hydrogen-bond acceptors (Lipinski definition) is 2. The predicted molar refractivity (Wildman–Crippen MR) is 73.7 cm³/mol. The summed E-state index contributed by atoms with van der Waals surface area (Å²) in [5.41, 5.74) is 7.40. The average molecular weight is 311 g/mol. The molecule has 0 saturated carbocycles. The zero-order valence-electron chi connectivity index (χ0n) is 11.0. The summed E-state index contributed by atoms with van der Waals surface area (Å²) >= 11 is 0. The average Bonchev–Trinajstić information content (AvgIpc) is 2.33. The molecule has 0 aliphatic heterocycles. The van der Waals surface area contributed by atoms with Gasteiger partial charge >= 0.3 is 6.18 Å². The van der Waals surface area contributed by atoms with Crippen molar-refractivity contribution in [3.63, 3.8) is 0 Å². The third kappa shape index (κ3) is 6.77. The van der Waals surface area contributed by atoms with E-state index in [-0.39, 0.29) is 25.4 Å². The summed E-state index contributed by atoms with van der Waals surface area (Å²) in [6.45, 7) is 1.88. The van der Waals surface area contributed by atoms with E-state index in [2.05, 4.69) is 5.32 Å². The van der Waals surface area contributed by atoms with Crippen molar-refractivity contribution in [2.24, 2.45) is 5.73 Å². The topological polar surface area (TPSA) is 55.1 Å². The number of amides is 1. The van der Waals surface area contributed by atoms with E-state index in [4.69, 9.17) is 5.73 Å². The molecule has 1 aromatic rings. The fourth-order valence-electron chi connectivity index (χ4n) is 1.54. The first kappa shape index (κ1) is 18.7. The van der Waals surface area contributed by atoms with Gasteiger partial charge in [-0.25, -0.2) is 0 Å². The van der Waals surface area contributed by atoms with Crippen LogP contribution in [-0.2, 0) is 4.79 Å². The maximum atomic E-state index is 11.9. The third-order valence-electron chi connectivity index (χ3n) is 2.66. The first-order valence-corrected chi connectivity index (χ1v) is 5.96. The monoisotopic (exact) mass is 310 g/mol. The lowest BCUT2D eigenvalue weighted by Crippen LogP contribution is -2.35. The first-order valence-electron chi connectivity index (χ1n) is 5.96. The number of aryl methyl sites for hydroxylation is 1. The largest absolute Gasteiger partial charge is 0.389 e. The van der Waals surface area contributed by atoms with Gasteiger partial charge in [0.1, 0.15) is 6.04 Å². The van der Waals surface area contributed by atoms with Gasteiger partial charge in [0.25, 0.3) is 0 Å². The molecular weight excluding hydrogens is 293 g/mol. The van der Waals surface area contributed by atoms with Crippen LogP contribution >= 0.6 is 12.4 Å². The first-order chi connectivity index (χ1) is 8.79. The maximum Gasteiger partial charge on any atom is 0.389 e. The van der Waals surface area contributed by atoms with Crippen LogP contribution in [0.3, 0.4) is 0 Å². The normalized spacial score (nSPS) is 12.4. The number of nitrogens with two attached hydrogens (primary N) is 1. The molecule has 0 aliphatic carbocycles. The number of carbonyl (C=O) groups is 1. The van der Waals surface area contributed by atoms with E-state index >= 15 is 0 Å². The van der Waals surface area contributed by atoms with Gasteiger partial charge in [0.15, 0.2) is 0 Å². The minimum Gasteiger partial charge on any atom is -0.354 e. The molecule has 0 aliphatic rings. The van der Waals surface area contributed by atoms with E-state index < -0.39 is 24.5 Å². The van der Waals surface area contributed by atoms with Crippen molar-refractivity contribution in [2.75, 3.05) is 6.54 Å². The van der Waals surface area contributed by atoms with E-state index in [0.717, 1.165) is 5.56 Å². The minimum absolute atomic E-state index is 0. The van der Waals surface area contributed by atoms with Gasteiger partial charge in [0.05, 0.1) is 0 Å². The van der Waals surface area contributed by atoms with Crippen LogP contribution < -0.4 is 11.1 Å². The molecule has 1 atom stereocenters. The highest BCUT2D eigenvalue weighted by Crippen LogP contribution is 2.20. The van der Waals surface area contributed by atoms with Crippen LogP contribution in [0.5, 0.6) is 0 Å².